The fraction of sp³-hybridized carbons (Fsp3) is 0.918. The maximum Gasteiger partial charge on any atom is 0.305 e. The van der Waals surface area contributed by atoms with E-state index in [1.54, 1.807) is 6.08 Å². The second-order valence-corrected chi connectivity index (χ2v) is 24.9. The Balaban J connectivity index is 3.31. The van der Waals surface area contributed by atoms with Gasteiger partial charge >= 0.3 is 5.97 Å². The molecule has 0 saturated heterocycles. The molecule has 0 spiro atoms. The summed E-state index contributed by atoms with van der Waals surface area (Å²) in [4.78, 5) is 24.6. The van der Waals surface area contributed by atoms with Gasteiger partial charge in [0.25, 0.3) is 0 Å². The average molecular weight is 1110 g/mol. The van der Waals surface area contributed by atoms with Crippen LogP contribution in [0.4, 0.5) is 0 Å². The van der Waals surface area contributed by atoms with Crippen LogP contribution in [0.3, 0.4) is 0 Å². The van der Waals surface area contributed by atoms with E-state index in [4.69, 9.17) is 4.74 Å². The maximum atomic E-state index is 12.5. The minimum atomic E-state index is -0.840. The van der Waals surface area contributed by atoms with E-state index in [1.807, 2.05) is 6.08 Å². The molecule has 0 heterocycles. The van der Waals surface area contributed by atoms with Crippen LogP contribution in [0.5, 0.6) is 0 Å². The van der Waals surface area contributed by atoms with E-state index in [2.05, 4.69) is 31.3 Å². The normalized spacial score (nSPS) is 12.6. The van der Waals surface area contributed by atoms with Gasteiger partial charge in [0.15, 0.2) is 0 Å². The van der Waals surface area contributed by atoms with Crippen molar-refractivity contribution in [3.63, 3.8) is 0 Å². The van der Waals surface area contributed by atoms with Crippen LogP contribution in [0.1, 0.15) is 406 Å². The van der Waals surface area contributed by atoms with Gasteiger partial charge in [0, 0.05) is 12.8 Å². The molecule has 2 unspecified atom stereocenters. The van der Waals surface area contributed by atoms with Crippen molar-refractivity contribution in [3.05, 3.63) is 24.3 Å². The van der Waals surface area contributed by atoms with Gasteiger partial charge in [0.05, 0.1) is 25.4 Å². The second-order valence-electron chi connectivity index (χ2n) is 24.9. The lowest BCUT2D eigenvalue weighted by Crippen LogP contribution is -2.45. The van der Waals surface area contributed by atoms with E-state index in [0.29, 0.717) is 19.4 Å². The first kappa shape index (κ1) is 77.3. The summed E-state index contributed by atoms with van der Waals surface area (Å²) < 4.78 is 5.50. The first-order valence-electron chi connectivity index (χ1n) is 36.1. The molecular weight excluding hydrogens is 971 g/mol. The van der Waals surface area contributed by atoms with Gasteiger partial charge in [-0.3, -0.25) is 9.59 Å². The standard InChI is InChI=1S/C73H141NO5/c1-3-5-7-9-11-13-15-17-18-39-43-47-51-55-59-63-67-73(78)79-68-64-60-56-52-48-44-40-37-35-33-31-29-27-25-23-21-19-20-22-24-26-28-30-32-34-36-38-42-46-50-54-58-62-66-72(77)74-70(69-75)71(76)65-61-57-53-49-45-41-16-14-12-10-8-6-4-2/h18,39,61,65,70-71,75-76H,3-17,19-38,40-60,62-64,66-69H2,1-2H3,(H,74,77)/b39-18-,65-61+. The number of esters is 1. The molecule has 0 aromatic heterocycles. The van der Waals surface area contributed by atoms with Crippen LogP contribution in [0.25, 0.3) is 0 Å². The molecule has 0 aromatic rings. The van der Waals surface area contributed by atoms with Crippen LogP contribution in [0.2, 0.25) is 0 Å². The van der Waals surface area contributed by atoms with Gasteiger partial charge in [-0.15, -0.1) is 0 Å². The van der Waals surface area contributed by atoms with Gasteiger partial charge in [-0.2, -0.15) is 0 Å². The van der Waals surface area contributed by atoms with Gasteiger partial charge in [-0.05, 0) is 57.8 Å². The number of ether oxygens (including phenoxy) is 1. The number of hydrogen-bond acceptors (Lipinski definition) is 5. The molecule has 0 fully saturated rings. The summed E-state index contributed by atoms with van der Waals surface area (Å²) in [5.41, 5.74) is 0. The number of rotatable bonds is 68. The number of nitrogens with one attached hydrogen (secondary N) is 1. The Morgan fingerprint density at radius 2 is 0.595 bits per heavy atom. The van der Waals surface area contributed by atoms with E-state index in [1.165, 1.54) is 334 Å². The highest BCUT2D eigenvalue weighted by molar-refractivity contribution is 5.76. The number of unbranched alkanes of at least 4 members (excludes halogenated alkanes) is 55. The van der Waals surface area contributed by atoms with Crippen LogP contribution < -0.4 is 5.32 Å². The number of aliphatic hydroxyl groups excluding tert-OH is 2. The van der Waals surface area contributed by atoms with Gasteiger partial charge in [-0.25, -0.2) is 0 Å². The molecule has 6 heteroatoms. The summed E-state index contributed by atoms with van der Waals surface area (Å²) in [6, 6.07) is -0.623. The Labute approximate surface area is 494 Å². The fourth-order valence-electron chi connectivity index (χ4n) is 11.5. The van der Waals surface area contributed by atoms with Crippen LogP contribution in [0.15, 0.2) is 24.3 Å². The maximum absolute atomic E-state index is 12.5. The zero-order chi connectivity index (χ0) is 57.1. The lowest BCUT2D eigenvalue weighted by molar-refractivity contribution is -0.143. The smallest absolute Gasteiger partial charge is 0.305 e. The summed E-state index contributed by atoms with van der Waals surface area (Å²) in [5, 5.41) is 23.1. The number of aliphatic hydroxyl groups is 2. The Hall–Kier alpha value is -1.66. The molecule has 0 aliphatic rings. The van der Waals surface area contributed by atoms with Gasteiger partial charge in [0.1, 0.15) is 0 Å². The molecule has 2 atom stereocenters. The van der Waals surface area contributed by atoms with Gasteiger partial charge < -0.3 is 20.3 Å². The molecule has 0 bridgehead atoms. The molecule has 3 N–H and O–H groups in total. The van der Waals surface area contributed by atoms with Crippen molar-refractivity contribution in [1.29, 1.82) is 0 Å². The Kier molecular flexibility index (Phi) is 67.4. The van der Waals surface area contributed by atoms with Crippen LogP contribution >= 0.6 is 0 Å². The van der Waals surface area contributed by atoms with Crippen molar-refractivity contribution < 1.29 is 24.5 Å². The fourth-order valence-corrected chi connectivity index (χ4v) is 11.5. The molecule has 79 heavy (non-hydrogen) atoms. The quantitative estimate of drug-likeness (QED) is 0.0320. The third-order valence-corrected chi connectivity index (χ3v) is 17.0. The zero-order valence-corrected chi connectivity index (χ0v) is 53.6. The van der Waals surface area contributed by atoms with Crippen molar-refractivity contribution >= 4 is 11.9 Å². The molecule has 0 rings (SSSR count). The highest BCUT2D eigenvalue weighted by atomic mass is 16.5. The molecule has 0 aliphatic carbocycles. The molecule has 0 aromatic carbocycles. The summed E-state index contributed by atoms with van der Waals surface area (Å²) in [5.74, 6) is -0.0468. The third-order valence-electron chi connectivity index (χ3n) is 17.0. The number of hydrogen-bond donors (Lipinski definition) is 3. The van der Waals surface area contributed by atoms with Crippen molar-refractivity contribution in [2.75, 3.05) is 13.2 Å². The molecule has 1 amide bonds. The van der Waals surface area contributed by atoms with Crippen molar-refractivity contribution in [2.45, 2.75) is 418 Å². The summed E-state index contributed by atoms with van der Waals surface area (Å²) in [7, 11) is 0. The number of carbonyl (C=O) groups is 2. The van der Waals surface area contributed by atoms with Gasteiger partial charge in [-0.1, -0.05) is 359 Å². The highest BCUT2D eigenvalue weighted by Gasteiger charge is 2.18. The lowest BCUT2D eigenvalue weighted by atomic mass is 10.0. The largest absolute Gasteiger partial charge is 0.466 e. The van der Waals surface area contributed by atoms with Crippen molar-refractivity contribution in [3.8, 4) is 0 Å². The minimum absolute atomic E-state index is 0.0147. The van der Waals surface area contributed by atoms with Crippen LogP contribution in [0, 0.1) is 0 Å². The van der Waals surface area contributed by atoms with Gasteiger partial charge in [0.2, 0.25) is 5.91 Å². The van der Waals surface area contributed by atoms with E-state index >= 15 is 0 Å². The average Bonchev–Trinajstić information content (AvgIpc) is 3.45. The topological polar surface area (TPSA) is 95.9 Å². The van der Waals surface area contributed by atoms with E-state index in [0.717, 1.165) is 44.9 Å². The molecular formula is C73H141NO5. The SMILES string of the molecule is CCCCCCCCC/C=C\CCCCCCCC(=O)OCCCCCCCCCCCCCCCCCCCCCCCCCCCCCCCCCCCC(=O)NC(CO)C(O)/C=C/CCCCCCCCCCCCC. The highest BCUT2D eigenvalue weighted by Crippen LogP contribution is 2.19. The number of allylic oxidation sites excluding steroid dienone is 3. The first-order chi connectivity index (χ1) is 39.0. The third kappa shape index (κ3) is 65.4. The summed E-state index contributed by atoms with van der Waals surface area (Å²) in [6.07, 6.45) is 87.1. The summed E-state index contributed by atoms with van der Waals surface area (Å²) in [6.45, 7) is 4.93. The Morgan fingerprint density at radius 3 is 0.899 bits per heavy atom. The molecule has 0 radical (unpaired) electrons. The molecule has 468 valence electrons. The Morgan fingerprint density at radius 1 is 0.342 bits per heavy atom. The van der Waals surface area contributed by atoms with Crippen molar-refractivity contribution in [2.24, 2.45) is 0 Å². The minimum Gasteiger partial charge on any atom is -0.466 e. The molecule has 0 aliphatic heterocycles. The van der Waals surface area contributed by atoms with E-state index < -0.39 is 12.1 Å². The van der Waals surface area contributed by atoms with E-state index in [9.17, 15) is 19.8 Å². The molecule has 0 saturated carbocycles. The number of amides is 1. The molecule has 6 nitrogen and oxygen atoms in total. The summed E-state index contributed by atoms with van der Waals surface area (Å²) >= 11 is 0. The predicted molar refractivity (Wildman–Crippen MR) is 347 cm³/mol. The predicted octanol–water partition coefficient (Wildman–Crippen LogP) is 23.3. The first-order valence-corrected chi connectivity index (χ1v) is 36.1. The number of carbonyl (C=O) groups excluding carboxylic acids is 2. The van der Waals surface area contributed by atoms with Crippen LogP contribution in [-0.4, -0.2) is 47.4 Å². The second kappa shape index (κ2) is 68.8. The van der Waals surface area contributed by atoms with Crippen molar-refractivity contribution in [1.82, 2.24) is 5.32 Å². The monoisotopic (exact) mass is 1110 g/mol. The lowest BCUT2D eigenvalue weighted by Gasteiger charge is -2.20. The van der Waals surface area contributed by atoms with E-state index in [-0.39, 0.29) is 18.5 Å². The Bertz CT molecular complexity index is 1230. The van der Waals surface area contributed by atoms with Crippen LogP contribution in [-0.2, 0) is 14.3 Å². The zero-order valence-electron chi connectivity index (χ0n) is 53.6.